The fraction of sp³-hybridized carbons (Fsp3) is 0.222. The third-order valence-electron chi connectivity index (χ3n) is 3.78. The number of rotatable bonds is 5. The molecule has 0 fully saturated rings. The van der Waals surface area contributed by atoms with Gasteiger partial charge in [-0.15, -0.1) is 11.8 Å². The number of carbonyl (C=O) groups excluding carboxylic acids is 2. The molecule has 0 aliphatic carbocycles. The summed E-state index contributed by atoms with van der Waals surface area (Å²) in [5, 5.41) is 5.66. The van der Waals surface area contributed by atoms with E-state index in [1.807, 2.05) is 6.07 Å². The minimum Gasteiger partial charge on any atom is -0.356 e. The summed E-state index contributed by atoms with van der Waals surface area (Å²) in [6.45, 7) is 0.440. The zero-order valence-electron chi connectivity index (χ0n) is 13.2. The number of benzene rings is 2. The molecule has 0 radical (unpaired) electrons. The molecule has 3 rings (SSSR count). The van der Waals surface area contributed by atoms with Crippen LogP contribution in [0, 0.1) is 5.82 Å². The van der Waals surface area contributed by atoms with Crippen LogP contribution >= 0.6 is 23.4 Å². The van der Waals surface area contributed by atoms with E-state index in [4.69, 9.17) is 11.6 Å². The van der Waals surface area contributed by atoms with E-state index in [1.165, 1.54) is 23.9 Å². The summed E-state index contributed by atoms with van der Waals surface area (Å²) < 4.78 is 12.8. The molecule has 2 aromatic carbocycles. The molecule has 1 unspecified atom stereocenters. The van der Waals surface area contributed by atoms with Crippen LogP contribution in [0.4, 0.5) is 10.1 Å². The molecular formula is C18H16ClFN2O2S. The lowest BCUT2D eigenvalue weighted by Crippen LogP contribution is -2.35. The molecule has 130 valence electrons. The number of thioether (sulfide) groups is 1. The number of hydrogen-bond acceptors (Lipinski definition) is 3. The smallest absolute Gasteiger partial charge is 0.238 e. The predicted octanol–water partition coefficient (Wildman–Crippen LogP) is 3.64. The van der Waals surface area contributed by atoms with Crippen molar-refractivity contribution < 1.29 is 14.0 Å². The van der Waals surface area contributed by atoms with Crippen molar-refractivity contribution in [3.63, 3.8) is 0 Å². The topological polar surface area (TPSA) is 58.2 Å². The SMILES string of the molecule is O=C(CC1Sc2ccc(Cl)cc2NC1=O)NCCc1ccc(F)cc1. The largest absolute Gasteiger partial charge is 0.356 e. The number of halogens is 2. The van der Waals surface area contributed by atoms with Crippen LogP contribution in [0.25, 0.3) is 0 Å². The van der Waals surface area contributed by atoms with Crippen molar-refractivity contribution in [2.75, 3.05) is 11.9 Å². The standard InChI is InChI=1S/C18H16ClFN2O2S/c19-12-3-6-15-14(9-12)22-18(24)16(25-15)10-17(23)21-8-7-11-1-4-13(20)5-2-11/h1-6,9,16H,7-8,10H2,(H,21,23)(H,22,24). The van der Waals surface area contributed by atoms with Gasteiger partial charge in [0.2, 0.25) is 11.8 Å². The lowest BCUT2D eigenvalue weighted by Gasteiger charge is -2.23. The molecule has 4 nitrogen and oxygen atoms in total. The summed E-state index contributed by atoms with van der Waals surface area (Å²) >= 11 is 7.28. The van der Waals surface area contributed by atoms with Gasteiger partial charge in [-0.3, -0.25) is 9.59 Å². The van der Waals surface area contributed by atoms with Gasteiger partial charge in [-0.2, -0.15) is 0 Å². The highest BCUT2D eigenvalue weighted by Crippen LogP contribution is 2.38. The molecule has 0 saturated carbocycles. The highest BCUT2D eigenvalue weighted by Gasteiger charge is 2.28. The number of carbonyl (C=O) groups is 2. The molecule has 1 atom stereocenters. The zero-order valence-corrected chi connectivity index (χ0v) is 14.8. The van der Waals surface area contributed by atoms with Crippen molar-refractivity contribution in [1.82, 2.24) is 5.32 Å². The second-order valence-electron chi connectivity index (χ2n) is 5.67. The van der Waals surface area contributed by atoms with Crippen LogP contribution in [-0.2, 0) is 16.0 Å². The third kappa shape index (κ3) is 4.74. The number of hydrogen-bond donors (Lipinski definition) is 2. The molecule has 25 heavy (non-hydrogen) atoms. The maximum absolute atomic E-state index is 12.8. The first-order valence-corrected chi connectivity index (χ1v) is 9.05. The maximum Gasteiger partial charge on any atom is 0.238 e. The van der Waals surface area contributed by atoms with Crippen molar-refractivity contribution in [3.8, 4) is 0 Å². The molecule has 1 heterocycles. The van der Waals surface area contributed by atoms with Gasteiger partial charge in [0.1, 0.15) is 5.82 Å². The first-order valence-electron chi connectivity index (χ1n) is 7.79. The Hall–Kier alpha value is -2.05. The van der Waals surface area contributed by atoms with Crippen LogP contribution in [0.5, 0.6) is 0 Å². The van der Waals surface area contributed by atoms with Gasteiger partial charge in [0.05, 0.1) is 10.9 Å². The Morgan fingerprint density at radius 1 is 1.24 bits per heavy atom. The van der Waals surface area contributed by atoms with E-state index in [1.54, 1.807) is 24.3 Å². The van der Waals surface area contributed by atoms with E-state index in [9.17, 15) is 14.0 Å². The summed E-state index contributed by atoms with van der Waals surface area (Å²) in [5.74, 6) is -0.671. The van der Waals surface area contributed by atoms with Crippen molar-refractivity contribution in [3.05, 3.63) is 58.9 Å². The molecule has 1 aliphatic heterocycles. The van der Waals surface area contributed by atoms with Gasteiger partial charge >= 0.3 is 0 Å². The van der Waals surface area contributed by atoms with Gasteiger partial charge in [-0.1, -0.05) is 23.7 Å². The third-order valence-corrected chi connectivity index (χ3v) is 5.29. The Morgan fingerprint density at radius 2 is 2.00 bits per heavy atom. The van der Waals surface area contributed by atoms with E-state index < -0.39 is 5.25 Å². The summed E-state index contributed by atoms with van der Waals surface area (Å²) in [6, 6.07) is 11.4. The molecule has 2 aromatic rings. The molecular weight excluding hydrogens is 363 g/mol. The summed E-state index contributed by atoms with van der Waals surface area (Å²) in [5.41, 5.74) is 1.62. The zero-order chi connectivity index (χ0) is 17.8. The van der Waals surface area contributed by atoms with E-state index in [-0.39, 0.29) is 24.1 Å². The predicted molar refractivity (Wildman–Crippen MR) is 97.5 cm³/mol. The van der Waals surface area contributed by atoms with Crippen LogP contribution in [0.2, 0.25) is 5.02 Å². The molecule has 0 saturated heterocycles. The monoisotopic (exact) mass is 378 g/mol. The van der Waals surface area contributed by atoms with Crippen LogP contribution in [0.15, 0.2) is 47.4 Å². The van der Waals surface area contributed by atoms with Crippen molar-refractivity contribution in [2.24, 2.45) is 0 Å². The van der Waals surface area contributed by atoms with E-state index in [0.717, 1.165) is 10.5 Å². The summed E-state index contributed by atoms with van der Waals surface area (Å²) in [6.07, 6.45) is 0.708. The normalized spacial score (nSPS) is 16.1. The fourth-order valence-corrected chi connectivity index (χ4v) is 3.76. The fourth-order valence-electron chi connectivity index (χ4n) is 2.49. The Morgan fingerprint density at radius 3 is 2.76 bits per heavy atom. The van der Waals surface area contributed by atoms with Gasteiger partial charge in [0, 0.05) is 22.9 Å². The molecule has 7 heteroatoms. The Kier molecular flexibility index (Phi) is 5.60. The summed E-state index contributed by atoms with van der Waals surface area (Å²) in [7, 11) is 0. The minimum absolute atomic E-state index is 0.0992. The number of anilines is 1. The number of amides is 2. The summed E-state index contributed by atoms with van der Waals surface area (Å²) in [4.78, 5) is 25.1. The van der Waals surface area contributed by atoms with Crippen molar-refractivity contribution in [1.29, 1.82) is 0 Å². The van der Waals surface area contributed by atoms with Crippen LogP contribution in [0.1, 0.15) is 12.0 Å². The molecule has 2 N–H and O–H groups in total. The second kappa shape index (κ2) is 7.89. The molecule has 2 amide bonds. The maximum atomic E-state index is 12.8. The minimum atomic E-state index is -0.473. The van der Waals surface area contributed by atoms with Gasteiger partial charge in [0.25, 0.3) is 0 Å². The van der Waals surface area contributed by atoms with Gasteiger partial charge < -0.3 is 10.6 Å². The first kappa shape index (κ1) is 17.8. The Labute approximate surface area is 154 Å². The quantitative estimate of drug-likeness (QED) is 0.835. The van der Waals surface area contributed by atoms with Crippen LogP contribution in [-0.4, -0.2) is 23.6 Å². The van der Waals surface area contributed by atoms with Gasteiger partial charge in [-0.05, 0) is 42.3 Å². The molecule has 0 spiro atoms. The highest BCUT2D eigenvalue weighted by atomic mass is 35.5. The second-order valence-corrected chi connectivity index (χ2v) is 7.35. The molecule has 0 bridgehead atoms. The molecule has 0 aromatic heterocycles. The van der Waals surface area contributed by atoms with Crippen molar-refractivity contribution in [2.45, 2.75) is 23.0 Å². The van der Waals surface area contributed by atoms with E-state index in [0.29, 0.717) is 23.7 Å². The van der Waals surface area contributed by atoms with Crippen LogP contribution < -0.4 is 10.6 Å². The Balaban J connectivity index is 1.50. The number of nitrogens with one attached hydrogen (secondary N) is 2. The van der Waals surface area contributed by atoms with Gasteiger partial charge in [0.15, 0.2) is 0 Å². The lowest BCUT2D eigenvalue weighted by molar-refractivity contribution is -0.124. The molecule has 1 aliphatic rings. The van der Waals surface area contributed by atoms with E-state index >= 15 is 0 Å². The van der Waals surface area contributed by atoms with Crippen molar-refractivity contribution >= 4 is 40.9 Å². The van der Waals surface area contributed by atoms with Gasteiger partial charge in [-0.25, -0.2) is 4.39 Å². The average Bonchev–Trinajstić information content (AvgIpc) is 2.57. The Bertz CT molecular complexity index is 798. The lowest BCUT2D eigenvalue weighted by atomic mass is 10.1. The number of fused-ring (bicyclic) bond motifs is 1. The van der Waals surface area contributed by atoms with Crippen LogP contribution in [0.3, 0.4) is 0 Å². The average molecular weight is 379 g/mol. The van der Waals surface area contributed by atoms with E-state index in [2.05, 4.69) is 10.6 Å². The first-order chi connectivity index (χ1) is 12.0. The highest BCUT2D eigenvalue weighted by molar-refractivity contribution is 8.01.